The van der Waals surface area contributed by atoms with Crippen molar-refractivity contribution in [2.45, 2.75) is 343 Å². The second-order valence-electron chi connectivity index (χ2n) is 37.7. The number of piperidine rings is 4. The zero-order chi connectivity index (χ0) is 81.2. The molecule has 0 amide bonds. The summed E-state index contributed by atoms with van der Waals surface area (Å²) >= 11 is 3.59. The van der Waals surface area contributed by atoms with Crippen molar-refractivity contribution in [1.82, 2.24) is 20.3 Å². The van der Waals surface area contributed by atoms with Crippen molar-refractivity contribution >= 4 is 15.9 Å². The molecule has 0 spiro atoms. The Bertz CT molecular complexity index is 3630. The average Bonchev–Trinajstić information content (AvgIpc) is 0.792. The predicted octanol–water partition coefficient (Wildman–Crippen LogP) is 25.0. The Kier molecular flexibility index (Phi) is 28.9. The predicted molar refractivity (Wildman–Crippen MR) is 457 cm³/mol. The molecule has 7 aromatic rings. The number of hydroxylamine groups is 8. The molecule has 11 rings (SSSR count). The number of nitrogens with zero attached hydrogens (tertiary/aromatic N) is 4. The fourth-order valence-corrected chi connectivity index (χ4v) is 18.0. The maximum atomic E-state index is 6.82. The molecule has 616 valence electrons. The van der Waals surface area contributed by atoms with Gasteiger partial charge >= 0.3 is 0 Å². The normalized spacial score (nSPS) is 20.3. The molecule has 7 aromatic carbocycles. The first-order chi connectivity index (χ1) is 53.4. The molecule has 0 N–H and O–H groups in total. The molecule has 113 heavy (non-hydrogen) atoms. The zero-order valence-electron chi connectivity index (χ0n) is 72.2. The van der Waals surface area contributed by atoms with Gasteiger partial charge in [-0.2, -0.15) is 20.3 Å². The Morgan fingerprint density at radius 2 is 0.460 bits per heavy atom. The molecule has 16 heteroatoms. The van der Waals surface area contributed by atoms with Crippen molar-refractivity contribution in [3.63, 3.8) is 0 Å². The van der Waals surface area contributed by atoms with Crippen LogP contribution >= 0.6 is 15.9 Å². The number of hydrogen-bond donors (Lipinski definition) is 0. The third-order valence-corrected chi connectivity index (χ3v) is 24.3. The van der Waals surface area contributed by atoms with Crippen molar-refractivity contribution in [2.75, 3.05) is 11.9 Å². The van der Waals surface area contributed by atoms with Crippen molar-refractivity contribution < 1.29 is 52.5 Å². The molecule has 0 aromatic heterocycles. The molecule has 4 fully saturated rings. The van der Waals surface area contributed by atoms with Gasteiger partial charge in [0.05, 0.1) is 6.61 Å². The van der Waals surface area contributed by atoms with Crippen molar-refractivity contribution in [1.29, 1.82) is 0 Å². The second-order valence-corrected chi connectivity index (χ2v) is 38.5. The van der Waals surface area contributed by atoms with E-state index in [9.17, 15) is 0 Å². The quantitative estimate of drug-likeness (QED) is 0.0274. The van der Waals surface area contributed by atoms with Crippen LogP contribution < -0.4 is 28.4 Å². The third-order valence-electron chi connectivity index (χ3n) is 23.8. The molecular weight excluding hydrogens is 1480 g/mol. The van der Waals surface area contributed by atoms with Crippen LogP contribution in [0.1, 0.15) is 314 Å². The molecule has 0 bridgehead atoms. The monoisotopic (exact) mass is 1610 g/mol. The van der Waals surface area contributed by atoms with Gasteiger partial charge in [0.25, 0.3) is 0 Å². The lowest BCUT2D eigenvalue weighted by Gasteiger charge is -2.52. The Labute approximate surface area is 687 Å². The van der Waals surface area contributed by atoms with E-state index in [-0.39, 0.29) is 81.9 Å². The van der Waals surface area contributed by atoms with Crippen LogP contribution in [0, 0.1) is 0 Å². The van der Waals surface area contributed by atoms with Gasteiger partial charge in [-0.3, -0.25) is 19.4 Å². The number of alkyl halides is 1. The number of hydrogen-bond acceptors (Lipinski definition) is 15. The average molecular weight is 1610 g/mol. The minimum Gasteiger partial charge on any atom is -0.489 e. The van der Waals surface area contributed by atoms with Crippen molar-refractivity contribution in [3.05, 3.63) is 213 Å². The van der Waals surface area contributed by atoms with Gasteiger partial charge in [-0.15, -0.1) is 0 Å². The summed E-state index contributed by atoms with van der Waals surface area (Å²) < 4.78 is 46.7. The molecular formula is C97H135BrN4O11. The van der Waals surface area contributed by atoms with Gasteiger partial charge in [0.2, 0.25) is 0 Å². The third kappa shape index (κ3) is 23.7. The number of halogens is 1. The number of unbranched alkanes of at least 4 members (excludes halogenated alkanes) is 1. The Morgan fingerprint density at radius 3 is 0.664 bits per heavy atom. The molecule has 15 nitrogen and oxygen atoms in total. The van der Waals surface area contributed by atoms with E-state index in [1.54, 1.807) is 0 Å². The highest BCUT2D eigenvalue weighted by Crippen LogP contribution is 2.46. The molecule has 4 heterocycles. The van der Waals surface area contributed by atoms with Crippen LogP contribution in [0.5, 0.6) is 34.5 Å². The van der Waals surface area contributed by atoms with Gasteiger partial charge in [-0.1, -0.05) is 113 Å². The zero-order valence-corrected chi connectivity index (χ0v) is 73.8. The SMILES string of the molecule is CC(ON1C(C)(C)CCCC1(C)C)c1ccc(COc2cc(COc3cc(COCCCCBr)cc(OCc4cc(OCc5ccc(C(C)ON6C(C)(C)CCCC6(C)C)cc5)cc(OCc5ccc(C(C)ON6C(C)(C)CCCC6(C)C)cc5)c4)c3)cc(OCc3ccc(C(C)ON4C(C)(C)CCCC4(C)C)cc3)c2)cc1. The fourth-order valence-electron chi connectivity index (χ4n) is 17.6. The maximum absolute atomic E-state index is 6.82. The first-order valence-corrected chi connectivity index (χ1v) is 43.1. The second kappa shape index (κ2) is 37.4. The van der Waals surface area contributed by atoms with Crippen molar-refractivity contribution in [2.24, 2.45) is 0 Å². The Morgan fingerprint density at radius 1 is 0.265 bits per heavy atom. The summed E-state index contributed by atoms with van der Waals surface area (Å²) in [6, 6.07) is 52.4. The summed E-state index contributed by atoms with van der Waals surface area (Å²) in [6.07, 6.45) is 15.0. The lowest BCUT2D eigenvalue weighted by Crippen LogP contribution is -2.58. The molecule has 0 aliphatic carbocycles. The minimum absolute atomic E-state index is 0.0616. The first-order valence-electron chi connectivity index (χ1n) is 42.0. The van der Waals surface area contributed by atoms with Crippen LogP contribution in [0.25, 0.3) is 0 Å². The van der Waals surface area contributed by atoms with E-state index >= 15 is 0 Å². The molecule has 0 saturated carbocycles. The van der Waals surface area contributed by atoms with E-state index in [4.69, 9.17) is 52.5 Å². The van der Waals surface area contributed by atoms with Crippen LogP contribution in [0.15, 0.2) is 152 Å². The first kappa shape index (κ1) is 87.3. The number of ether oxygens (including phenoxy) is 7. The van der Waals surface area contributed by atoms with E-state index in [1.807, 2.05) is 54.6 Å². The number of rotatable bonds is 36. The molecule has 4 aliphatic rings. The largest absolute Gasteiger partial charge is 0.489 e. The summed E-state index contributed by atoms with van der Waals surface area (Å²) in [5.41, 5.74) is 10.8. The minimum atomic E-state index is -0.124. The lowest BCUT2D eigenvalue weighted by molar-refractivity contribution is -0.304. The lowest BCUT2D eigenvalue weighted by atomic mass is 9.82. The standard InChI is InChI=1S/C97H135BrN4O11/c1-69(110-99-90(5,6)43-23-44-91(99,7)8)80-35-27-73(28-36-80)63-104-86-55-78(56-87(60-86)105-64-74-29-37-81(38-30-74)70(2)111-100-92(9,10)45-24-46-93(100,11)12)67-108-84-53-77(62-103-52-22-21-51-98)54-85(59-84)109-68-79-57-88(106-65-75-31-39-82(40-32-75)71(3)112-101-94(13,14)47-25-48-95(101,15)16)61-89(58-79)107-66-76-33-41-83(42-34-76)72(4)113-102-96(17,18)49-26-50-97(102,19)20/h27-42,53-61,69-72H,21-26,43-52,62-68H2,1-20H3. The van der Waals surface area contributed by atoms with E-state index < -0.39 is 0 Å². The van der Waals surface area contributed by atoms with Crippen LogP contribution in [0.4, 0.5) is 0 Å². The molecule has 4 saturated heterocycles. The summed E-state index contributed by atoms with van der Waals surface area (Å²) in [5.74, 6) is 3.91. The fraction of sp³-hybridized carbons (Fsp3) is 0.567. The summed E-state index contributed by atoms with van der Waals surface area (Å²) in [6.45, 7) is 48.0. The van der Waals surface area contributed by atoms with Crippen LogP contribution in [-0.2, 0) is 70.3 Å². The van der Waals surface area contributed by atoms with Gasteiger partial charge in [0.1, 0.15) is 98.6 Å². The van der Waals surface area contributed by atoms with Gasteiger partial charge in [-0.25, -0.2) is 0 Å². The van der Waals surface area contributed by atoms with Crippen molar-refractivity contribution in [3.8, 4) is 34.5 Å². The molecule has 4 aliphatic heterocycles. The Hall–Kier alpha value is -6.54. The molecule has 0 radical (unpaired) electrons. The Balaban J connectivity index is 0.815. The van der Waals surface area contributed by atoms with E-state index in [2.05, 4.69) is 272 Å². The number of benzene rings is 7. The van der Waals surface area contributed by atoms with E-state index in [1.165, 1.54) is 25.7 Å². The van der Waals surface area contributed by atoms with E-state index in [0.717, 1.165) is 131 Å². The molecule has 4 unspecified atom stereocenters. The van der Waals surface area contributed by atoms with Gasteiger partial charge in [0, 0.05) is 74.4 Å². The summed E-state index contributed by atoms with van der Waals surface area (Å²) in [4.78, 5) is 27.1. The van der Waals surface area contributed by atoms with Crippen LogP contribution in [0.3, 0.4) is 0 Å². The van der Waals surface area contributed by atoms with Gasteiger partial charge in [0.15, 0.2) is 0 Å². The summed E-state index contributed by atoms with van der Waals surface area (Å²) in [7, 11) is 0. The van der Waals surface area contributed by atoms with Crippen LogP contribution in [0.2, 0.25) is 0 Å². The summed E-state index contributed by atoms with van der Waals surface area (Å²) in [5, 5.41) is 9.89. The van der Waals surface area contributed by atoms with Gasteiger partial charge < -0.3 is 33.2 Å². The van der Waals surface area contributed by atoms with E-state index in [0.29, 0.717) is 74.1 Å². The highest BCUT2D eigenvalue weighted by atomic mass is 79.9. The maximum Gasteiger partial charge on any atom is 0.123 e. The topological polar surface area (TPSA) is 114 Å². The van der Waals surface area contributed by atoms with Gasteiger partial charge in [-0.05, 0) is 326 Å². The smallest absolute Gasteiger partial charge is 0.123 e. The van der Waals surface area contributed by atoms with Crippen LogP contribution in [-0.4, -0.2) is 76.5 Å². The highest BCUT2D eigenvalue weighted by molar-refractivity contribution is 9.09. The molecule has 4 atom stereocenters. The highest BCUT2D eigenvalue weighted by Gasteiger charge is 2.47.